The lowest BCUT2D eigenvalue weighted by molar-refractivity contribution is 0.135. The zero-order valence-corrected chi connectivity index (χ0v) is 9.36. The average molecular weight is 211 g/mol. The van der Waals surface area contributed by atoms with Crippen molar-refractivity contribution < 1.29 is 9.26 Å². The van der Waals surface area contributed by atoms with Gasteiger partial charge in [-0.3, -0.25) is 0 Å². The Morgan fingerprint density at radius 2 is 2.33 bits per heavy atom. The van der Waals surface area contributed by atoms with E-state index < -0.39 is 5.54 Å². The molecule has 1 aromatic rings. The second-order valence-corrected chi connectivity index (χ2v) is 4.63. The van der Waals surface area contributed by atoms with Gasteiger partial charge in [0, 0.05) is 13.0 Å². The number of nitrogens with zero attached hydrogens (tertiary/aromatic N) is 2. The first-order chi connectivity index (χ1) is 7.04. The van der Waals surface area contributed by atoms with Crippen LogP contribution in [0.15, 0.2) is 4.52 Å². The van der Waals surface area contributed by atoms with Gasteiger partial charge in [-0.25, -0.2) is 0 Å². The summed E-state index contributed by atoms with van der Waals surface area (Å²) in [6, 6.07) is 0. The van der Waals surface area contributed by atoms with Crippen LogP contribution in [0.3, 0.4) is 0 Å². The minimum Gasteiger partial charge on any atom is -0.382 e. The predicted octanol–water partition coefficient (Wildman–Crippen LogP) is 1.01. The Labute approximate surface area is 89.0 Å². The standard InChI is InChI=1S/C10H17N3O2/c1-6-4-7(6)8-12-9(13-15-8)10(2,11)5-14-3/h6-7H,4-5,11H2,1-3H3. The van der Waals surface area contributed by atoms with Crippen molar-refractivity contribution in [3.63, 3.8) is 0 Å². The van der Waals surface area contributed by atoms with Gasteiger partial charge in [0.25, 0.3) is 0 Å². The molecule has 0 aliphatic heterocycles. The molecule has 1 aliphatic carbocycles. The van der Waals surface area contributed by atoms with Gasteiger partial charge in [-0.2, -0.15) is 4.98 Å². The molecule has 3 unspecified atom stereocenters. The Hall–Kier alpha value is -0.940. The van der Waals surface area contributed by atoms with E-state index in [1.807, 2.05) is 6.92 Å². The second-order valence-electron chi connectivity index (χ2n) is 4.63. The summed E-state index contributed by atoms with van der Waals surface area (Å²) >= 11 is 0. The van der Waals surface area contributed by atoms with Crippen LogP contribution >= 0.6 is 0 Å². The second kappa shape index (κ2) is 3.57. The molecule has 0 amide bonds. The highest BCUT2D eigenvalue weighted by Crippen LogP contribution is 2.46. The van der Waals surface area contributed by atoms with Gasteiger partial charge in [0.2, 0.25) is 5.89 Å². The van der Waals surface area contributed by atoms with Crippen LogP contribution in [0.25, 0.3) is 0 Å². The van der Waals surface area contributed by atoms with Crippen molar-refractivity contribution >= 4 is 0 Å². The van der Waals surface area contributed by atoms with Crippen LogP contribution in [0, 0.1) is 5.92 Å². The fourth-order valence-corrected chi connectivity index (χ4v) is 1.65. The molecule has 0 bridgehead atoms. The molecule has 1 aliphatic rings. The first kappa shape index (κ1) is 10.6. The quantitative estimate of drug-likeness (QED) is 0.804. The summed E-state index contributed by atoms with van der Waals surface area (Å²) in [4.78, 5) is 4.33. The molecule has 0 saturated heterocycles. The van der Waals surface area contributed by atoms with Crippen LogP contribution in [-0.4, -0.2) is 23.9 Å². The third-order valence-corrected chi connectivity index (χ3v) is 2.82. The smallest absolute Gasteiger partial charge is 0.230 e. The molecule has 0 spiro atoms. The largest absolute Gasteiger partial charge is 0.382 e. The molecule has 1 aromatic heterocycles. The van der Waals surface area contributed by atoms with Crippen molar-refractivity contribution in [2.24, 2.45) is 11.7 Å². The van der Waals surface area contributed by atoms with Gasteiger partial charge in [-0.05, 0) is 19.3 Å². The molecule has 84 valence electrons. The zero-order chi connectivity index (χ0) is 11.1. The first-order valence-electron chi connectivity index (χ1n) is 5.16. The van der Waals surface area contributed by atoms with Gasteiger partial charge in [0.05, 0.1) is 6.61 Å². The molecular weight excluding hydrogens is 194 g/mol. The number of rotatable bonds is 4. The Balaban J connectivity index is 2.12. The molecule has 0 aromatic carbocycles. The fraction of sp³-hybridized carbons (Fsp3) is 0.800. The summed E-state index contributed by atoms with van der Waals surface area (Å²) < 4.78 is 10.2. The average Bonchev–Trinajstić information content (AvgIpc) is 2.70. The third kappa shape index (κ3) is 2.03. The minimum atomic E-state index is -0.672. The summed E-state index contributed by atoms with van der Waals surface area (Å²) in [5.74, 6) is 2.33. The van der Waals surface area contributed by atoms with Crippen molar-refractivity contribution in [1.29, 1.82) is 0 Å². The number of hydrogen-bond donors (Lipinski definition) is 1. The van der Waals surface area contributed by atoms with Gasteiger partial charge in [0.1, 0.15) is 5.54 Å². The van der Waals surface area contributed by atoms with E-state index in [2.05, 4.69) is 17.1 Å². The highest BCUT2D eigenvalue weighted by Gasteiger charge is 2.40. The van der Waals surface area contributed by atoms with Crippen LogP contribution < -0.4 is 5.73 Å². The van der Waals surface area contributed by atoms with Crippen molar-refractivity contribution in [2.75, 3.05) is 13.7 Å². The van der Waals surface area contributed by atoms with Crippen molar-refractivity contribution in [2.45, 2.75) is 31.7 Å². The van der Waals surface area contributed by atoms with Crippen molar-refractivity contribution in [1.82, 2.24) is 10.1 Å². The van der Waals surface area contributed by atoms with E-state index in [4.69, 9.17) is 15.0 Å². The highest BCUT2D eigenvalue weighted by atomic mass is 16.5. The van der Waals surface area contributed by atoms with E-state index in [9.17, 15) is 0 Å². The number of hydrogen-bond acceptors (Lipinski definition) is 5. The van der Waals surface area contributed by atoms with E-state index >= 15 is 0 Å². The maximum absolute atomic E-state index is 6.01. The molecule has 5 nitrogen and oxygen atoms in total. The summed E-state index contributed by atoms with van der Waals surface area (Å²) in [6.07, 6.45) is 1.13. The monoisotopic (exact) mass is 211 g/mol. The van der Waals surface area contributed by atoms with E-state index in [1.165, 1.54) is 0 Å². The van der Waals surface area contributed by atoms with E-state index in [1.54, 1.807) is 7.11 Å². The Morgan fingerprint density at radius 3 is 2.87 bits per heavy atom. The number of nitrogens with two attached hydrogens (primary N) is 1. The third-order valence-electron chi connectivity index (χ3n) is 2.82. The first-order valence-corrected chi connectivity index (χ1v) is 5.16. The van der Waals surface area contributed by atoms with E-state index in [0.717, 1.165) is 6.42 Å². The normalized spacial score (nSPS) is 28.8. The lowest BCUT2D eigenvalue weighted by atomic mass is 10.1. The van der Waals surface area contributed by atoms with Gasteiger partial charge in [0.15, 0.2) is 5.82 Å². The molecule has 5 heteroatoms. The number of aromatic nitrogens is 2. The van der Waals surface area contributed by atoms with E-state index in [-0.39, 0.29) is 0 Å². The summed E-state index contributed by atoms with van der Waals surface area (Å²) in [5, 5.41) is 3.91. The summed E-state index contributed by atoms with van der Waals surface area (Å²) in [6.45, 7) is 4.39. The molecule has 2 N–H and O–H groups in total. The Morgan fingerprint density at radius 1 is 1.67 bits per heavy atom. The molecule has 1 fully saturated rings. The maximum Gasteiger partial charge on any atom is 0.230 e. The number of ether oxygens (including phenoxy) is 1. The van der Waals surface area contributed by atoms with Gasteiger partial charge < -0.3 is 15.0 Å². The molecular formula is C10H17N3O2. The molecule has 1 saturated carbocycles. The van der Waals surface area contributed by atoms with Gasteiger partial charge >= 0.3 is 0 Å². The Kier molecular flexibility index (Phi) is 2.52. The molecule has 0 radical (unpaired) electrons. The molecule has 1 heterocycles. The molecule has 15 heavy (non-hydrogen) atoms. The fourth-order valence-electron chi connectivity index (χ4n) is 1.65. The van der Waals surface area contributed by atoms with E-state index in [0.29, 0.717) is 30.2 Å². The van der Waals surface area contributed by atoms with Crippen molar-refractivity contribution in [3.05, 3.63) is 11.7 Å². The number of methoxy groups -OCH3 is 1. The summed E-state index contributed by atoms with van der Waals surface area (Å²) in [5.41, 5.74) is 5.34. The SMILES string of the molecule is COCC(C)(N)c1noc(C2CC2C)n1. The topological polar surface area (TPSA) is 74.2 Å². The predicted molar refractivity (Wildman–Crippen MR) is 54.2 cm³/mol. The lowest BCUT2D eigenvalue weighted by Gasteiger charge is -2.18. The lowest BCUT2D eigenvalue weighted by Crippen LogP contribution is -2.39. The van der Waals surface area contributed by atoms with Crippen LogP contribution in [0.2, 0.25) is 0 Å². The highest BCUT2D eigenvalue weighted by molar-refractivity contribution is 5.09. The van der Waals surface area contributed by atoms with Gasteiger partial charge in [-0.1, -0.05) is 12.1 Å². The van der Waals surface area contributed by atoms with Crippen LogP contribution in [0.5, 0.6) is 0 Å². The minimum absolute atomic E-state index is 0.381. The van der Waals surface area contributed by atoms with Crippen LogP contribution in [0.4, 0.5) is 0 Å². The Bertz CT molecular complexity index is 348. The molecule has 2 rings (SSSR count). The summed E-state index contributed by atoms with van der Waals surface area (Å²) in [7, 11) is 1.61. The van der Waals surface area contributed by atoms with Gasteiger partial charge in [-0.15, -0.1) is 0 Å². The van der Waals surface area contributed by atoms with Crippen LogP contribution in [0.1, 0.15) is 37.9 Å². The molecule has 3 atom stereocenters. The maximum atomic E-state index is 6.01. The van der Waals surface area contributed by atoms with Crippen LogP contribution in [-0.2, 0) is 10.3 Å². The van der Waals surface area contributed by atoms with Crippen molar-refractivity contribution in [3.8, 4) is 0 Å². The zero-order valence-electron chi connectivity index (χ0n) is 9.36.